The third-order valence-electron chi connectivity index (χ3n) is 2.77. The van der Waals surface area contributed by atoms with Crippen LogP contribution in [-0.2, 0) is 11.8 Å². The molecule has 0 aliphatic carbocycles. The number of aromatic nitrogens is 2. The fourth-order valence-electron chi connectivity index (χ4n) is 1.95. The van der Waals surface area contributed by atoms with Crippen LogP contribution in [0.15, 0.2) is 6.20 Å². The van der Waals surface area contributed by atoms with Gasteiger partial charge in [-0.3, -0.25) is 4.68 Å². The van der Waals surface area contributed by atoms with Crippen LogP contribution < -0.4 is 10.5 Å². The number of nitrogens with two attached hydrogens (primary N) is 1. The van der Waals surface area contributed by atoms with E-state index in [2.05, 4.69) is 18.9 Å². The van der Waals surface area contributed by atoms with Crippen LogP contribution in [-0.4, -0.2) is 30.1 Å². The van der Waals surface area contributed by atoms with Crippen LogP contribution in [0.2, 0.25) is 0 Å². The monoisotopic (exact) mass is 227 g/mol. The highest BCUT2D eigenvalue weighted by Gasteiger charge is 2.27. The highest BCUT2D eigenvalue weighted by atomic mass is 16.5. The van der Waals surface area contributed by atoms with Gasteiger partial charge in [-0.05, 0) is 5.92 Å². The van der Waals surface area contributed by atoms with Gasteiger partial charge in [0.2, 0.25) is 0 Å². The van der Waals surface area contributed by atoms with Crippen LogP contribution >= 0.6 is 0 Å². The summed E-state index contributed by atoms with van der Waals surface area (Å²) in [7, 11) is 5.14. The average Bonchev–Trinajstić information content (AvgIpc) is 2.59. The number of ether oxygens (including phenoxy) is 2. The Morgan fingerprint density at radius 2 is 2.00 bits per heavy atom. The maximum atomic E-state index is 6.21. The SMILES string of the molecule is COc1cnn(C)c1C(N)C(OC)C(C)C. The van der Waals surface area contributed by atoms with Crippen molar-refractivity contribution in [3.05, 3.63) is 11.9 Å². The van der Waals surface area contributed by atoms with Crippen molar-refractivity contribution in [1.82, 2.24) is 9.78 Å². The highest BCUT2D eigenvalue weighted by molar-refractivity contribution is 5.28. The maximum absolute atomic E-state index is 6.21. The van der Waals surface area contributed by atoms with E-state index in [9.17, 15) is 0 Å². The summed E-state index contributed by atoms with van der Waals surface area (Å²) in [6, 6.07) is -0.243. The molecule has 5 heteroatoms. The summed E-state index contributed by atoms with van der Waals surface area (Å²) in [6.45, 7) is 4.16. The largest absolute Gasteiger partial charge is 0.493 e. The van der Waals surface area contributed by atoms with E-state index in [1.807, 2.05) is 7.05 Å². The summed E-state index contributed by atoms with van der Waals surface area (Å²) >= 11 is 0. The summed E-state index contributed by atoms with van der Waals surface area (Å²) < 4.78 is 12.4. The molecule has 0 aliphatic rings. The van der Waals surface area contributed by atoms with Gasteiger partial charge in [-0.1, -0.05) is 13.8 Å². The summed E-state index contributed by atoms with van der Waals surface area (Å²) in [5.74, 6) is 1.04. The van der Waals surface area contributed by atoms with Crippen LogP contribution in [0.5, 0.6) is 5.75 Å². The van der Waals surface area contributed by atoms with Gasteiger partial charge in [0, 0.05) is 14.2 Å². The number of hydrogen-bond acceptors (Lipinski definition) is 4. The van der Waals surface area contributed by atoms with E-state index in [4.69, 9.17) is 15.2 Å². The van der Waals surface area contributed by atoms with E-state index in [1.54, 1.807) is 25.1 Å². The van der Waals surface area contributed by atoms with E-state index in [0.29, 0.717) is 11.7 Å². The zero-order chi connectivity index (χ0) is 12.3. The molecule has 5 nitrogen and oxygen atoms in total. The molecular formula is C11H21N3O2. The van der Waals surface area contributed by atoms with Gasteiger partial charge in [0.05, 0.1) is 31.1 Å². The minimum atomic E-state index is -0.243. The van der Waals surface area contributed by atoms with Crippen LogP contribution in [0.4, 0.5) is 0 Å². The van der Waals surface area contributed by atoms with Gasteiger partial charge in [0.1, 0.15) is 0 Å². The second-order valence-electron chi connectivity index (χ2n) is 4.19. The van der Waals surface area contributed by atoms with Crippen LogP contribution in [0, 0.1) is 5.92 Å². The molecule has 0 saturated carbocycles. The first-order valence-electron chi connectivity index (χ1n) is 5.37. The van der Waals surface area contributed by atoms with Crippen LogP contribution in [0.3, 0.4) is 0 Å². The molecule has 0 radical (unpaired) electrons. The van der Waals surface area contributed by atoms with Gasteiger partial charge in [-0.25, -0.2) is 0 Å². The lowest BCUT2D eigenvalue weighted by Gasteiger charge is -2.26. The lowest BCUT2D eigenvalue weighted by Crippen LogP contribution is -2.34. The highest BCUT2D eigenvalue weighted by Crippen LogP contribution is 2.28. The normalized spacial score (nSPS) is 15.2. The number of methoxy groups -OCH3 is 2. The van der Waals surface area contributed by atoms with E-state index in [0.717, 1.165) is 5.69 Å². The lowest BCUT2D eigenvalue weighted by atomic mass is 9.97. The number of nitrogens with zero attached hydrogens (tertiary/aromatic N) is 2. The molecule has 0 spiro atoms. The smallest absolute Gasteiger partial charge is 0.161 e. The molecule has 1 aromatic heterocycles. The van der Waals surface area contributed by atoms with Gasteiger partial charge in [0.25, 0.3) is 0 Å². The van der Waals surface area contributed by atoms with Crippen molar-refractivity contribution in [3.8, 4) is 5.75 Å². The summed E-state index contributed by atoms with van der Waals surface area (Å²) in [5.41, 5.74) is 7.07. The Hall–Kier alpha value is -1.07. The number of aryl methyl sites for hydroxylation is 1. The Bertz CT molecular complexity index is 336. The van der Waals surface area contributed by atoms with Crippen molar-refractivity contribution >= 4 is 0 Å². The molecule has 16 heavy (non-hydrogen) atoms. The van der Waals surface area contributed by atoms with Gasteiger partial charge in [-0.2, -0.15) is 5.10 Å². The fourth-order valence-corrected chi connectivity index (χ4v) is 1.95. The van der Waals surface area contributed by atoms with E-state index >= 15 is 0 Å². The Morgan fingerprint density at radius 1 is 1.38 bits per heavy atom. The first kappa shape index (κ1) is 13.0. The van der Waals surface area contributed by atoms with E-state index in [-0.39, 0.29) is 12.1 Å². The second kappa shape index (κ2) is 5.32. The second-order valence-corrected chi connectivity index (χ2v) is 4.19. The summed E-state index contributed by atoms with van der Waals surface area (Å²) in [4.78, 5) is 0. The standard InChI is InChI=1S/C11H21N3O2/c1-7(2)11(16-5)9(12)10-8(15-4)6-13-14(10)3/h6-7,9,11H,12H2,1-5H3. The third-order valence-corrected chi connectivity index (χ3v) is 2.77. The van der Waals surface area contributed by atoms with Crippen molar-refractivity contribution < 1.29 is 9.47 Å². The summed E-state index contributed by atoms with van der Waals surface area (Å²) in [5, 5.41) is 4.14. The first-order chi connectivity index (χ1) is 7.52. The topological polar surface area (TPSA) is 62.3 Å². The Morgan fingerprint density at radius 3 is 2.44 bits per heavy atom. The molecule has 0 saturated heterocycles. The predicted octanol–water partition coefficient (Wildman–Crippen LogP) is 1.10. The minimum absolute atomic E-state index is 0.0516. The molecule has 92 valence electrons. The molecule has 2 atom stereocenters. The maximum Gasteiger partial charge on any atom is 0.161 e. The Kier molecular flexibility index (Phi) is 4.32. The molecule has 1 aromatic rings. The molecular weight excluding hydrogens is 206 g/mol. The van der Waals surface area contributed by atoms with Crippen LogP contribution in [0.25, 0.3) is 0 Å². The molecule has 1 rings (SSSR count). The van der Waals surface area contributed by atoms with Crippen molar-refractivity contribution in [3.63, 3.8) is 0 Å². The summed E-state index contributed by atoms with van der Waals surface area (Å²) in [6.07, 6.45) is 1.62. The van der Waals surface area contributed by atoms with Crippen molar-refractivity contribution in [2.45, 2.75) is 26.0 Å². The Balaban J connectivity index is 3.02. The molecule has 2 N–H and O–H groups in total. The lowest BCUT2D eigenvalue weighted by molar-refractivity contribution is 0.0410. The van der Waals surface area contributed by atoms with Gasteiger partial charge >= 0.3 is 0 Å². The Labute approximate surface area is 96.5 Å². The number of hydrogen-bond donors (Lipinski definition) is 1. The third kappa shape index (κ3) is 2.36. The van der Waals surface area contributed by atoms with Crippen molar-refractivity contribution in [1.29, 1.82) is 0 Å². The van der Waals surface area contributed by atoms with Gasteiger partial charge in [-0.15, -0.1) is 0 Å². The first-order valence-corrected chi connectivity index (χ1v) is 5.37. The molecule has 2 unspecified atom stereocenters. The number of rotatable bonds is 5. The van der Waals surface area contributed by atoms with Crippen molar-refractivity contribution in [2.24, 2.45) is 18.7 Å². The molecule has 0 amide bonds. The quantitative estimate of drug-likeness (QED) is 0.818. The molecule has 0 aromatic carbocycles. The molecule has 1 heterocycles. The minimum Gasteiger partial charge on any atom is -0.493 e. The van der Waals surface area contributed by atoms with E-state index < -0.39 is 0 Å². The average molecular weight is 227 g/mol. The molecule has 0 bridgehead atoms. The molecule has 0 aliphatic heterocycles. The predicted molar refractivity (Wildman–Crippen MR) is 62.3 cm³/mol. The fraction of sp³-hybridized carbons (Fsp3) is 0.727. The van der Waals surface area contributed by atoms with Gasteiger partial charge < -0.3 is 15.2 Å². The molecule has 0 fully saturated rings. The van der Waals surface area contributed by atoms with Gasteiger partial charge in [0.15, 0.2) is 5.75 Å². The van der Waals surface area contributed by atoms with Crippen LogP contribution in [0.1, 0.15) is 25.6 Å². The van der Waals surface area contributed by atoms with Crippen molar-refractivity contribution in [2.75, 3.05) is 14.2 Å². The van der Waals surface area contributed by atoms with E-state index in [1.165, 1.54) is 0 Å². The zero-order valence-electron chi connectivity index (χ0n) is 10.6. The zero-order valence-corrected chi connectivity index (χ0v) is 10.6.